The number of carbonyl (C=O) groups is 2. The van der Waals surface area contributed by atoms with E-state index in [-0.39, 0.29) is 18.4 Å². The van der Waals surface area contributed by atoms with Gasteiger partial charge in [-0.25, -0.2) is 0 Å². The zero-order valence-corrected chi connectivity index (χ0v) is 14.0. The average Bonchev–Trinajstić information content (AvgIpc) is 2.81. The van der Waals surface area contributed by atoms with Crippen molar-refractivity contribution in [3.8, 4) is 5.75 Å². The molecule has 0 radical (unpaired) electrons. The molecule has 2 heterocycles. The Morgan fingerprint density at radius 2 is 1.96 bits per heavy atom. The lowest BCUT2D eigenvalue weighted by molar-refractivity contribution is -0.133. The van der Waals surface area contributed by atoms with Crippen molar-refractivity contribution in [2.45, 2.75) is 38.7 Å². The Labute approximate surface area is 141 Å². The Bertz CT molecular complexity index is 612. The quantitative estimate of drug-likeness (QED) is 0.834. The molecule has 1 saturated heterocycles. The van der Waals surface area contributed by atoms with E-state index in [4.69, 9.17) is 16.3 Å². The van der Waals surface area contributed by atoms with E-state index in [0.29, 0.717) is 16.5 Å². The van der Waals surface area contributed by atoms with Gasteiger partial charge in [-0.3, -0.25) is 14.5 Å². The summed E-state index contributed by atoms with van der Waals surface area (Å²) in [6, 6.07) is 5.14. The number of rotatable bonds is 2. The standard InChI is InChI=1S/C17H21ClN2O3/c1-12-17(22)20(14-10-13(18)6-7-15(14)23-12)11-16(21)19-8-4-2-3-5-9-19/h6-7,10,12H,2-5,8-9,11H2,1H3. The van der Waals surface area contributed by atoms with Crippen molar-refractivity contribution in [2.24, 2.45) is 0 Å². The minimum atomic E-state index is -0.597. The minimum absolute atomic E-state index is 0.0136. The van der Waals surface area contributed by atoms with Gasteiger partial charge in [0.15, 0.2) is 6.10 Å². The second-order valence-electron chi connectivity index (χ2n) is 6.09. The van der Waals surface area contributed by atoms with Gasteiger partial charge in [-0.05, 0) is 38.0 Å². The van der Waals surface area contributed by atoms with Gasteiger partial charge < -0.3 is 9.64 Å². The van der Waals surface area contributed by atoms with Crippen molar-refractivity contribution in [3.63, 3.8) is 0 Å². The normalized spacial score (nSPS) is 21.5. The lowest BCUT2D eigenvalue weighted by Crippen LogP contribution is -2.49. The van der Waals surface area contributed by atoms with Crippen molar-refractivity contribution in [2.75, 3.05) is 24.5 Å². The number of likely N-dealkylation sites (tertiary alicyclic amines) is 1. The summed E-state index contributed by atoms with van der Waals surface area (Å²) in [5, 5.41) is 0.516. The first-order chi connectivity index (χ1) is 11.1. The molecule has 1 aromatic rings. The predicted octanol–water partition coefficient (Wildman–Crippen LogP) is 2.86. The maximum absolute atomic E-state index is 12.6. The highest BCUT2D eigenvalue weighted by atomic mass is 35.5. The molecule has 0 N–H and O–H groups in total. The maximum Gasteiger partial charge on any atom is 0.268 e. The van der Waals surface area contributed by atoms with E-state index in [1.54, 1.807) is 25.1 Å². The zero-order valence-electron chi connectivity index (χ0n) is 13.3. The highest BCUT2D eigenvalue weighted by Crippen LogP contribution is 2.36. The molecule has 2 aliphatic heterocycles. The van der Waals surface area contributed by atoms with Crippen molar-refractivity contribution in [1.29, 1.82) is 0 Å². The summed E-state index contributed by atoms with van der Waals surface area (Å²) >= 11 is 6.04. The van der Waals surface area contributed by atoms with Gasteiger partial charge in [-0.1, -0.05) is 24.4 Å². The van der Waals surface area contributed by atoms with Crippen molar-refractivity contribution >= 4 is 29.1 Å². The molecule has 124 valence electrons. The lowest BCUT2D eigenvalue weighted by atomic mass is 10.2. The third kappa shape index (κ3) is 3.44. The Hall–Kier alpha value is -1.75. The number of ether oxygens (including phenoxy) is 1. The van der Waals surface area contributed by atoms with Gasteiger partial charge in [0.2, 0.25) is 5.91 Å². The summed E-state index contributed by atoms with van der Waals surface area (Å²) in [5.74, 6) is 0.369. The summed E-state index contributed by atoms with van der Waals surface area (Å²) in [5.41, 5.74) is 0.573. The highest BCUT2D eigenvalue weighted by Gasteiger charge is 2.33. The third-order valence-corrected chi connectivity index (χ3v) is 4.62. The lowest BCUT2D eigenvalue weighted by Gasteiger charge is -2.34. The molecule has 2 aliphatic rings. The maximum atomic E-state index is 12.6. The SMILES string of the molecule is CC1Oc2ccc(Cl)cc2N(CC(=O)N2CCCCCC2)C1=O. The summed E-state index contributed by atoms with van der Waals surface area (Å²) in [7, 11) is 0. The van der Waals surface area contributed by atoms with Crippen LogP contribution in [0.2, 0.25) is 5.02 Å². The number of halogens is 1. The second-order valence-corrected chi connectivity index (χ2v) is 6.53. The summed E-state index contributed by atoms with van der Waals surface area (Å²) < 4.78 is 5.60. The van der Waals surface area contributed by atoms with Gasteiger partial charge in [0.05, 0.1) is 5.69 Å². The Morgan fingerprint density at radius 3 is 2.65 bits per heavy atom. The number of hydrogen-bond donors (Lipinski definition) is 0. The number of carbonyl (C=O) groups excluding carboxylic acids is 2. The Morgan fingerprint density at radius 1 is 1.26 bits per heavy atom. The van der Waals surface area contributed by atoms with Crippen molar-refractivity contribution in [3.05, 3.63) is 23.2 Å². The molecular weight excluding hydrogens is 316 g/mol. The molecule has 0 saturated carbocycles. The molecule has 1 aromatic carbocycles. The Balaban J connectivity index is 1.82. The van der Waals surface area contributed by atoms with E-state index in [2.05, 4.69) is 0 Å². The molecule has 0 aromatic heterocycles. The smallest absolute Gasteiger partial charge is 0.268 e. The molecule has 23 heavy (non-hydrogen) atoms. The van der Waals surface area contributed by atoms with Crippen LogP contribution >= 0.6 is 11.6 Å². The van der Waals surface area contributed by atoms with Crippen LogP contribution < -0.4 is 9.64 Å². The molecule has 2 amide bonds. The fourth-order valence-corrected chi connectivity index (χ4v) is 3.26. The largest absolute Gasteiger partial charge is 0.479 e. The van der Waals surface area contributed by atoms with Crippen LogP contribution in [0.5, 0.6) is 5.75 Å². The van der Waals surface area contributed by atoms with E-state index in [0.717, 1.165) is 38.8 Å². The van der Waals surface area contributed by atoms with Crippen LogP contribution in [0.4, 0.5) is 5.69 Å². The van der Waals surface area contributed by atoms with Crippen LogP contribution in [-0.2, 0) is 9.59 Å². The topological polar surface area (TPSA) is 49.9 Å². The van der Waals surface area contributed by atoms with E-state index >= 15 is 0 Å². The molecule has 1 fully saturated rings. The first-order valence-corrected chi connectivity index (χ1v) is 8.49. The second kappa shape index (κ2) is 6.79. The minimum Gasteiger partial charge on any atom is -0.479 e. The molecule has 0 bridgehead atoms. The number of amides is 2. The highest BCUT2D eigenvalue weighted by molar-refractivity contribution is 6.31. The zero-order chi connectivity index (χ0) is 16.4. The molecule has 0 aliphatic carbocycles. The predicted molar refractivity (Wildman–Crippen MR) is 88.9 cm³/mol. The number of fused-ring (bicyclic) bond motifs is 1. The molecule has 1 atom stereocenters. The average molecular weight is 337 g/mol. The van der Waals surface area contributed by atoms with Crippen LogP contribution in [0.3, 0.4) is 0 Å². The van der Waals surface area contributed by atoms with Crippen LogP contribution in [-0.4, -0.2) is 42.5 Å². The van der Waals surface area contributed by atoms with Gasteiger partial charge in [0, 0.05) is 18.1 Å². The summed E-state index contributed by atoms with van der Waals surface area (Å²) in [6.07, 6.45) is 3.79. The van der Waals surface area contributed by atoms with Crippen LogP contribution in [0, 0.1) is 0 Å². The fourth-order valence-electron chi connectivity index (χ4n) is 3.10. The molecule has 6 heteroatoms. The van der Waals surface area contributed by atoms with Crippen LogP contribution in [0.1, 0.15) is 32.6 Å². The third-order valence-electron chi connectivity index (χ3n) is 4.38. The number of nitrogens with zero attached hydrogens (tertiary/aromatic N) is 2. The molecule has 3 rings (SSSR count). The van der Waals surface area contributed by atoms with E-state index in [9.17, 15) is 9.59 Å². The fraction of sp³-hybridized carbons (Fsp3) is 0.529. The van der Waals surface area contributed by atoms with Gasteiger partial charge in [0.25, 0.3) is 5.91 Å². The number of anilines is 1. The van der Waals surface area contributed by atoms with Crippen LogP contribution in [0.15, 0.2) is 18.2 Å². The summed E-state index contributed by atoms with van der Waals surface area (Å²) in [4.78, 5) is 28.5. The molecule has 0 spiro atoms. The van der Waals surface area contributed by atoms with Crippen LogP contribution in [0.25, 0.3) is 0 Å². The van der Waals surface area contributed by atoms with Gasteiger partial charge in [0.1, 0.15) is 12.3 Å². The monoisotopic (exact) mass is 336 g/mol. The van der Waals surface area contributed by atoms with Gasteiger partial charge >= 0.3 is 0 Å². The molecular formula is C17H21ClN2O3. The van der Waals surface area contributed by atoms with Gasteiger partial charge in [-0.2, -0.15) is 0 Å². The van der Waals surface area contributed by atoms with Gasteiger partial charge in [-0.15, -0.1) is 0 Å². The van der Waals surface area contributed by atoms with E-state index in [1.807, 2.05) is 4.90 Å². The Kier molecular flexibility index (Phi) is 4.76. The molecule has 5 nitrogen and oxygen atoms in total. The number of hydrogen-bond acceptors (Lipinski definition) is 3. The van der Waals surface area contributed by atoms with Crippen molar-refractivity contribution < 1.29 is 14.3 Å². The first kappa shape index (κ1) is 16.1. The molecule has 1 unspecified atom stereocenters. The number of benzene rings is 1. The first-order valence-electron chi connectivity index (χ1n) is 8.11. The van der Waals surface area contributed by atoms with E-state index in [1.165, 1.54) is 4.90 Å². The van der Waals surface area contributed by atoms with Crippen molar-refractivity contribution in [1.82, 2.24) is 4.90 Å². The van der Waals surface area contributed by atoms with E-state index < -0.39 is 6.10 Å². The summed E-state index contributed by atoms with van der Waals surface area (Å²) in [6.45, 7) is 3.29.